The summed E-state index contributed by atoms with van der Waals surface area (Å²) in [6.07, 6.45) is 1.61. The van der Waals surface area contributed by atoms with Crippen LogP contribution >= 0.6 is 11.3 Å². The molecule has 0 N–H and O–H groups in total. The van der Waals surface area contributed by atoms with Gasteiger partial charge in [0.2, 0.25) is 5.78 Å². The van der Waals surface area contributed by atoms with Crippen molar-refractivity contribution in [1.29, 1.82) is 0 Å². The summed E-state index contributed by atoms with van der Waals surface area (Å²) in [7, 11) is 3.10. The maximum atomic E-state index is 12.7. The molecule has 2 heterocycles. The summed E-state index contributed by atoms with van der Waals surface area (Å²) in [6, 6.07) is 13.4. The third-order valence-electron chi connectivity index (χ3n) is 4.30. The van der Waals surface area contributed by atoms with Crippen LogP contribution in [0.5, 0.6) is 23.0 Å². The van der Waals surface area contributed by atoms with Crippen LogP contribution in [0.15, 0.2) is 59.7 Å². The van der Waals surface area contributed by atoms with Gasteiger partial charge in [-0.05, 0) is 41.8 Å². The molecule has 0 aliphatic carbocycles. The summed E-state index contributed by atoms with van der Waals surface area (Å²) in [4.78, 5) is 25.3. The lowest BCUT2D eigenvalue weighted by Crippen LogP contribution is -2.06. The number of Topliss-reactive ketones (excluding diaryl/α,β-unsaturated/α-hetero) is 1. The molecule has 2 aromatic carbocycles. The number of benzene rings is 2. The highest BCUT2D eigenvalue weighted by Crippen LogP contribution is 2.36. The van der Waals surface area contributed by atoms with Crippen molar-refractivity contribution in [3.63, 3.8) is 0 Å². The number of fused-ring (bicyclic) bond motifs is 1. The van der Waals surface area contributed by atoms with Gasteiger partial charge in [0.15, 0.2) is 5.76 Å². The maximum Gasteiger partial charge on any atom is 0.353 e. The summed E-state index contributed by atoms with van der Waals surface area (Å²) < 4.78 is 21.6. The number of esters is 1. The van der Waals surface area contributed by atoms with Crippen LogP contribution in [-0.2, 0) is 0 Å². The first-order valence-corrected chi connectivity index (χ1v) is 9.53. The molecule has 29 heavy (non-hydrogen) atoms. The van der Waals surface area contributed by atoms with Gasteiger partial charge in [-0.1, -0.05) is 6.07 Å². The van der Waals surface area contributed by atoms with Crippen molar-refractivity contribution >= 4 is 29.2 Å². The smallest absolute Gasteiger partial charge is 0.353 e. The molecule has 0 unspecified atom stereocenters. The molecule has 1 aliphatic rings. The molecular weight excluding hydrogens is 392 g/mol. The number of thiophene rings is 1. The Balaban J connectivity index is 1.58. The number of ether oxygens (including phenoxy) is 4. The molecule has 0 atom stereocenters. The van der Waals surface area contributed by atoms with Crippen LogP contribution in [0.25, 0.3) is 6.08 Å². The zero-order chi connectivity index (χ0) is 20.4. The molecule has 0 bridgehead atoms. The van der Waals surface area contributed by atoms with Crippen molar-refractivity contribution in [3.05, 3.63) is 75.7 Å². The predicted molar refractivity (Wildman–Crippen MR) is 108 cm³/mol. The summed E-state index contributed by atoms with van der Waals surface area (Å²) >= 11 is 1.29. The van der Waals surface area contributed by atoms with Crippen LogP contribution in [0.4, 0.5) is 0 Å². The minimum Gasteiger partial charge on any atom is -0.497 e. The van der Waals surface area contributed by atoms with Gasteiger partial charge in [0, 0.05) is 17.7 Å². The predicted octanol–water partition coefficient (Wildman–Crippen LogP) is 4.60. The van der Waals surface area contributed by atoms with Gasteiger partial charge in [0.25, 0.3) is 0 Å². The van der Waals surface area contributed by atoms with Gasteiger partial charge in [-0.25, -0.2) is 4.79 Å². The first-order valence-electron chi connectivity index (χ1n) is 8.65. The Kier molecular flexibility index (Phi) is 5.05. The average molecular weight is 408 g/mol. The number of rotatable bonds is 5. The fraction of sp³-hybridized carbons (Fsp3) is 0.0909. The molecule has 6 nitrogen and oxygen atoms in total. The molecule has 1 aromatic heterocycles. The number of carbonyl (C=O) groups excluding carboxylic acids is 2. The highest BCUT2D eigenvalue weighted by atomic mass is 32.1. The van der Waals surface area contributed by atoms with E-state index in [-0.39, 0.29) is 11.5 Å². The summed E-state index contributed by atoms with van der Waals surface area (Å²) in [5.74, 6) is 1.28. The number of hydrogen-bond acceptors (Lipinski definition) is 7. The lowest BCUT2D eigenvalue weighted by atomic mass is 10.1. The minimum atomic E-state index is -0.456. The van der Waals surface area contributed by atoms with Crippen LogP contribution in [0.2, 0.25) is 0 Å². The van der Waals surface area contributed by atoms with Gasteiger partial charge in [-0.2, -0.15) is 0 Å². The molecule has 3 aromatic rings. The SMILES string of the molecule is COc1ccc(/C=C2/Oc3cc(OC(=O)c4cccs4)ccc3C2=O)c(OC)c1. The van der Waals surface area contributed by atoms with Crippen molar-refractivity contribution in [1.82, 2.24) is 0 Å². The van der Waals surface area contributed by atoms with E-state index in [1.807, 2.05) is 0 Å². The summed E-state index contributed by atoms with van der Waals surface area (Å²) in [6.45, 7) is 0. The molecule has 7 heteroatoms. The van der Waals surface area contributed by atoms with E-state index < -0.39 is 5.97 Å². The van der Waals surface area contributed by atoms with Gasteiger partial charge in [-0.3, -0.25) is 4.79 Å². The number of hydrogen-bond donors (Lipinski definition) is 0. The molecule has 0 saturated carbocycles. The number of carbonyl (C=O) groups is 2. The zero-order valence-corrected chi connectivity index (χ0v) is 16.4. The second kappa shape index (κ2) is 7.81. The Morgan fingerprint density at radius 3 is 2.59 bits per heavy atom. The monoisotopic (exact) mass is 408 g/mol. The van der Waals surface area contributed by atoms with Crippen molar-refractivity contribution in [2.45, 2.75) is 0 Å². The van der Waals surface area contributed by atoms with E-state index in [4.69, 9.17) is 18.9 Å². The van der Waals surface area contributed by atoms with Crippen molar-refractivity contribution < 1.29 is 28.5 Å². The lowest BCUT2D eigenvalue weighted by molar-refractivity contribution is 0.0739. The topological polar surface area (TPSA) is 71.1 Å². The molecule has 0 fully saturated rings. The zero-order valence-electron chi connectivity index (χ0n) is 15.6. The Morgan fingerprint density at radius 2 is 1.86 bits per heavy atom. The highest BCUT2D eigenvalue weighted by molar-refractivity contribution is 7.12. The molecule has 146 valence electrons. The molecule has 0 radical (unpaired) electrons. The van der Waals surface area contributed by atoms with Gasteiger partial charge < -0.3 is 18.9 Å². The van der Waals surface area contributed by atoms with Gasteiger partial charge in [0.05, 0.1) is 19.8 Å². The van der Waals surface area contributed by atoms with E-state index in [0.29, 0.717) is 39.0 Å². The van der Waals surface area contributed by atoms with E-state index in [1.165, 1.54) is 24.5 Å². The van der Waals surface area contributed by atoms with Crippen LogP contribution in [0.3, 0.4) is 0 Å². The number of allylic oxidation sites excluding steroid dienone is 1. The molecule has 0 spiro atoms. The quantitative estimate of drug-likeness (QED) is 0.349. The molecule has 0 saturated heterocycles. The molecule has 0 amide bonds. The fourth-order valence-electron chi connectivity index (χ4n) is 2.86. The van der Waals surface area contributed by atoms with E-state index >= 15 is 0 Å². The number of methoxy groups -OCH3 is 2. The fourth-order valence-corrected chi connectivity index (χ4v) is 3.46. The van der Waals surface area contributed by atoms with E-state index in [1.54, 1.807) is 61.0 Å². The van der Waals surface area contributed by atoms with Crippen LogP contribution in [-0.4, -0.2) is 26.0 Å². The van der Waals surface area contributed by atoms with E-state index in [0.717, 1.165) is 0 Å². The van der Waals surface area contributed by atoms with Crippen molar-refractivity contribution in [3.8, 4) is 23.0 Å². The molecule has 1 aliphatic heterocycles. The van der Waals surface area contributed by atoms with Gasteiger partial charge in [0.1, 0.15) is 27.9 Å². The van der Waals surface area contributed by atoms with E-state index in [2.05, 4.69) is 0 Å². The summed E-state index contributed by atoms with van der Waals surface area (Å²) in [5.41, 5.74) is 1.08. The standard InChI is InChI=1S/C22H16O6S/c1-25-14-6-5-13(17(11-14)26-2)10-19-21(23)16-8-7-15(12-18(16)28-19)27-22(24)20-4-3-9-29-20/h3-12H,1-2H3/b19-10+. The first-order chi connectivity index (χ1) is 14.1. The first kappa shape index (κ1) is 18.8. The summed E-state index contributed by atoms with van der Waals surface area (Å²) in [5, 5.41) is 1.80. The average Bonchev–Trinajstić information content (AvgIpc) is 3.37. The maximum absolute atomic E-state index is 12.7. The third kappa shape index (κ3) is 3.72. The lowest BCUT2D eigenvalue weighted by Gasteiger charge is -2.08. The Bertz CT molecular complexity index is 1110. The van der Waals surface area contributed by atoms with Gasteiger partial charge >= 0.3 is 5.97 Å². The van der Waals surface area contributed by atoms with Gasteiger partial charge in [-0.15, -0.1) is 11.3 Å². The second-order valence-electron chi connectivity index (χ2n) is 6.07. The van der Waals surface area contributed by atoms with Crippen molar-refractivity contribution in [2.24, 2.45) is 0 Å². The normalized spacial score (nSPS) is 13.7. The Labute approximate surface area is 170 Å². The second-order valence-corrected chi connectivity index (χ2v) is 7.02. The minimum absolute atomic E-state index is 0.158. The Hall–Kier alpha value is -3.58. The largest absolute Gasteiger partial charge is 0.497 e. The number of ketones is 1. The van der Waals surface area contributed by atoms with Crippen LogP contribution in [0, 0.1) is 0 Å². The molecule has 4 rings (SSSR count). The van der Waals surface area contributed by atoms with Crippen molar-refractivity contribution in [2.75, 3.05) is 14.2 Å². The Morgan fingerprint density at radius 1 is 1.03 bits per heavy atom. The molecular formula is C22H16O6S. The van der Waals surface area contributed by atoms with Crippen LogP contribution in [0.1, 0.15) is 25.6 Å². The van der Waals surface area contributed by atoms with E-state index in [9.17, 15) is 9.59 Å². The highest BCUT2D eigenvalue weighted by Gasteiger charge is 2.28. The van der Waals surface area contributed by atoms with Crippen LogP contribution < -0.4 is 18.9 Å². The third-order valence-corrected chi connectivity index (χ3v) is 5.15.